The van der Waals surface area contributed by atoms with Crippen molar-refractivity contribution in [3.05, 3.63) is 59.8 Å². The molecule has 0 bridgehead atoms. The Balaban J connectivity index is 1.78. The Bertz CT molecular complexity index is 1170. The monoisotopic (exact) mass is 439 g/mol. The van der Waals surface area contributed by atoms with Crippen molar-refractivity contribution >= 4 is 27.3 Å². The number of hydrogen-bond donors (Lipinski definition) is 3. The zero-order valence-corrected chi connectivity index (χ0v) is 19.1. The van der Waals surface area contributed by atoms with Crippen LogP contribution in [0.15, 0.2) is 53.4 Å². The highest BCUT2D eigenvalue weighted by molar-refractivity contribution is 7.90. The molecule has 0 amide bonds. The summed E-state index contributed by atoms with van der Waals surface area (Å²) in [5, 5.41) is 3.34. The number of nitrogens with zero attached hydrogens (tertiary/aromatic N) is 2. The summed E-state index contributed by atoms with van der Waals surface area (Å²) in [6.07, 6.45) is 1.93. The van der Waals surface area contributed by atoms with Crippen LogP contribution in [0.2, 0.25) is 0 Å². The molecule has 164 valence electrons. The first-order valence-corrected chi connectivity index (χ1v) is 11.9. The molecule has 3 aromatic rings. The summed E-state index contributed by atoms with van der Waals surface area (Å²) in [4.78, 5) is 8.91. The van der Waals surface area contributed by atoms with Crippen molar-refractivity contribution in [2.45, 2.75) is 38.6 Å². The Labute approximate surface area is 183 Å². The minimum Gasteiger partial charge on any atom is -0.383 e. The van der Waals surface area contributed by atoms with Gasteiger partial charge in [0.2, 0.25) is 5.95 Å². The Morgan fingerprint density at radius 1 is 0.935 bits per heavy atom. The number of benzene rings is 2. The van der Waals surface area contributed by atoms with Crippen LogP contribution >= 0.6 is 0 Å². The lowest BCUT2D eigenvalue weighted by Gasteiger charge is -2.20. The van der Waals surface area contributed by atoms with Gasteiger partial charge >= 0.3 is 0 Å². The third-order valence-corrected chi connectivity index (χ3v) is 5.88. The van der Waals surface area contributed by atoms with Gasteiger partial charge in [-0.1, -0.05) is 45.0 Å². The second-order valence-electron chi connectivity index (χ2n) is 8.87. The van der Waals surface area contributed by atoms with Crippen molar-refractivity contribution in [2.75, 3.05) is 23.0 Å². The zero-order valence-electron chi connectivity index (χ0n) is 18.3. The van der Waals surface area contributed by atoms with Crippen LogP contribution in [0.1, 0.15) is 32.0 Å². The number of nitrogens with one attached hydrogen (secondary N) is 1. The number of anilines is 3. The normalized spacial score (nSPS) is 12.0. The number of sulfone groups is 1. The van der Waals surface area contributed by atoms with E-state index in [1.807, 2.05) is 36.4 Å². The maximum absolute atomic E-state index is 11.6. The number of aromatic nitrogens is 2. The van der Waals surface area contributed by atoms with E-state index in [4.69, 9.17) is 11.5 Å². The Kier molecular flexibility index (Phi) is 6.22. The maximum Gasteiger partial charge on any atom is 0.222 e. The molecule has 8 heteroatoms. The summed E-state index contributed by atoms with van der Waals surface area (Å²) < 4.78 is 23.2. The summed E-state index contributed by atoms with van der Waals surface area (Å²) in [7, 11) is -3.19. The van der Waals surface area contributed by atoms with Crippen molar-refractivity contribution in [1.29, 1.82) is 0 Å². The van der Waals surface area contributed by atoms with Crippen molar-refractivity contribution in [2.24, 2.45) is 5.41 Å². The lowest BCUT2D eigenvalue weighted by molar-refractivity contribution is 0.407. The molecule has 0 atom stereocenters. The Morgan fingerprint density at radius 2 is 1.55 bits per heavy atom. The lowest BCUT2D eigenvalue weighted by Crippen LogP contribution is -2.14. The Morgan fingerprint density at radius 3 is 2.10 bits per heavy atom. The average molecular weight is 440 g/mol. The van der Waals surface area contributed by atoms with Crippen LogP contribution in [-0.4, -0.2) is 24.6 Å². The third kappa shape index (κ3) is 5.95. The Hall–Kier alpha value is -3.13. The van der Waals surface area contributed by atoms with Gasteiger partial charge in [-0.3, -0.25) is 0 Å². The number of rotatable bonds is 6. The maximum atomic E-state index is 11.6. The minimum atomic E-state index is -3.19. The number of hydrogen-bond acceptors (Lipinski definition) is 7. The molecule has 0 aliphatic rings. The van der Waals surface area contributed by atoms with Gasteiger partial charge in [0, 0.05) is 24.1 Å². The molecule has 31 heavy (non-hydrogen) atoms. The summed E-state index contributed by atoms with van der Waals surface area (Å²) in [5.74, 6) is 0.555. The third-order valence-electron chi connectivity index (χ3n) is 4.75. The van der Waals surface area contributed by atoms with E-state index in [0.29, 0.717) is 17.3 Å². The highest BCUT2D eigenvalue weighted by Crippen LogP contribution is 2.33. The molecule has 0 aliphatic carbocycles. The molecule has 0 saturated heterocycles. The highest BCUT2D eigenvalue weighted by Gasteiger charge is 2.19. The van der Waals surface area contributed by atoms with Gasteiger partial charge in [0.05, 0.1) is 10.6 Å². The van der Waals surface area contributed by atoms with Crippen LogP contribution < -0.4 is 16.8 Å². The average Bonchev–Trinajstić information content (AvgIpc) is 2.65. The second kappa shape index (κ2) is 8.55. The molecule has 3 rings (SSSR count). The van der Waals surface area contributed by atoms with Crippen LogP contribution in [0.5, 0.6) is 0 Å². The van der Waals surface area contributed by atoms with Gasteiger partial charge < -0.3 is 16.8 Å². The van der Waals surface area contributed by atoms with Crippen LogP contribution in [0.25, 0.3) is 11.1 Å². The van der Waals surface area contributed by atoms with Gasteiger partial charge in [-0.2, -0.15) is 4.98 Å². The van der Waals surface area contributed by atoms with Gasteiger partial charge in [0.25, 0.3) is 0 Å². The predicted molar refractivity (Wildman–Crippen MR) is 126 cm³/mol. The molecule has 0 saturated carbocycles. The summed E-state index contributed by atoms with van der Waals surface area (Å²) in [6, 6.07) is 14.8. The molecule has 0 aliphatic heterocycles. The fourth-order valence-electron chi connectivity index (χ4n) is 3.30. The van der Waals surface area contributed by atoms with Gasteiger partial charge in [-0.25, -0.2) is 13.4 Å². The first-order valence-electron chi connectivity index (χ1n) is 9.97. The predicted octanol–water partition coefficient (Wildman–Crippen LogP) is 3.91. The first-order chi connectivity index (χ1) is 14.4. The van der Waals surface area contributed by atoms with Crippen LogP contribution in [0, 0.1) is 5.41 Å². The fourth-order valence-corrected chi connectivity index (χ4v) is 3.93. The number of nitrogens with two attached hydrogens (primary N) is 2. The first kappa shape index (κ1) is 22.6. The second-order valence-corrected chi connectivity index (χ2v) is 10.9. The lowest BCUT2D eigenvalue weighted by atomic mass is 9.87. The van der Waals surface area contributed by atoms with E-state index < -0.39 is 9.84 Å². The standard InChI is InChI=1S/C23H29N5O2S/c1-23(2,3)13-19-20(21(24)28-22(25)27-19)16-7-9-17(10-8-16)26-14-15-5-11-18(12-6-15)31(4,29)30/h5-12,26H,13-14H2,1-4H3,(H4,24,25,27,28). The van der Waals surface area contributed by atoms with Crippen molar-refractivity contribution < 1.29 is 8.42 Å². The smallest absolute Gasteiger partial charge is 0.222 e. The fraction of sp³-hybridized carbons (Fsp3) is 0.304. The minimum absolute atomic E-state index is 0.0239. The molecule has 2 aromatic carbocycles. The van der Waals surface area contributed by atoms with Crippen molar-refractivity contribution in [1.82, 2.24) is 9.97 Å². The van der Waals surface area contributed by atoms with Gasteiger partial charge in [-0.05, 0) is 47.2 Å². The van der Waals surface area contributed by atoms with E-state index in [2.05, 4.69) is 36.1 Å². The summed E-state index contributed by atoms with van der Waals surface area (Å²) in [5.41, 5.74) is 16.6. The van der Waals surface area contributed by atoms with E-state index in [1.165, 1.54) is 6.26 Å². The molecule has 0 radical (unpaired) electrons. The van der Waals surface area contributed by atoms with Crippen LogP contribution in [0.4, 0.5) is 17.5 Å². The quantitative estimate of drug-likeness (QED) is 0.532. The van der Waals surface area contributed by atoms with Crippen molar-refractivity contribution in [3.63, 3.8) is 0 Å². The molecule has 5 N–H and O–H groups in total. The van der Waals surface area contributed by atoms with E-state index in [0.717, 1.165) is 34.5 Å². The van der Waals surface area contributed by atoms with Gasteiger partial charge in [0.15, 0.2) is 9.84 Å². The van der Waals surface area contributed by atoms with E-state index in [-0.39, 0.29) is 11.4 Å². The van der Waals surface area contributed by atoms with Gasteiger partial charge in [-0.15, -0.1) is 0 Å². The van der Waals surface area contributed by atoms with E-state index in [9.17, 15) is 8.42 Å². The number of nitrogen functional groups attached to an aromatic ring is 2. The molecular formula is C23H29N5O2S. The molecule has 1 aromatic heterocycles. The molecule has 0 spiro atoms. The highest BCUT2D eigenvalue weighted by atomic mass is 32.2. The van der Waals surface area contributed by atoms with Gasteiger partial charge in [0.1, 0.15) is 5.82 Å². The zero-order chi connectivity index (χ0) is 22.8. The molecule has 0 fully saturated rings. The largest absolute Gasteiger partial charge is 0.383 e. The molecule has 1 heterocycles. The molecule has 7 nitrogen and oxygen atoms in total. The van der Waals surface area contributed by atoms with E-state index in [1.54, 1.807) is 12.1 Å². The SMILES string of the molecule is CC(C)(C)Cc1nc(N)nc(N)c1-c1ccc(NCc2ccc(S(C)(=O)=O)cc2)cc1. The van der Waals surface area contributed by atoms with Crippen LogP contribution in [0.3, 0.4) is 0 Å². The van der Waals surface area contributed by atoms with Crippen LogP contribution in [-0.2, 0) is 22.8 Å². The molecule has 0 unspecified atom stereocenters. The summed E-state index contributed by atoms with van der Waals surface area (Å²) >= 11 is 0. The van der Waals surface area contributed by atoms with Crippen molar-refractivity contribution in [3.8, 4) is 11.1 Å². The van der Waals surface area contributed by atoms with E-state index >= 15 is 0 Å². The molecular weight excluding hydrogens is 410 g/mol. The summed E-state index contributed by atoms with van der Waals surface area (Å²) in [6.45, 7) is 6.99. The topological polar surface area (TPSA) is 124 Å².